The Morgan fingerprint density at radius 3 is 2.45 bits per heavy atom. The summed E-state index contributed by atoms with van der Waals surface area (Å²) in [5, 5.41) is 2.80. The molecule has 2 saturated heterocycles. The molecule has 0 radical (unpaired) electrons. The van der Waals surface area contributed by atoms with Gasteiger partial charge in [-0.15, -0.1) is 11.3 Å². The van der Waals surface area contributed by atoms with E-state index in [1.807, 2.05) is 6.07 Å². The summed E-state index contributed by atoms with van der Waals surface area (Å²) in [6.07, 6.45) is -2.63. The van der Waals surface area contributed by atoms with Crippen molar-refractivity contribution in [3.8, 4) is 22.4 Å². The SMILES string of the molecule is Cc1sc(-c2ccc(C(F)(F)F)cc2)nc1C(=O)N1CCC(C#Cc2cccc3c2CN(C2CCC(=O)NC2=O)C3=O)CC1. The lowest BCUT2D eigenvalue weighted by molar-refractivity contribution is -0.138. The molecule has 2 aromatic carbocycles. The third kappa shape index (κ3) is 5.71. The number of amides is 4. The molecule has 4 amide bonds. The van der Waals surface area contributed by atoms with Gasteiger partial charge in [0.25, 0.3) is 11.8 Å². The molecule has 3 aromatic rings. The van der Waals surface area contributed by atoms with Gasteiger partial charge in [0.2, 0.25) is 11.8 Å². The van der Waals surface area contributed by atoms with Crippen LogP contribution < -0.4 is 5.32 Å². The Bertz CT molecular complexity index is 1730. The van der Waals surface area contributed by atoms with E-state index < -0.39 is 23.7 Å². The number of nitrogens with zero attached hydrogens (tertiary/aromatic N) is 3. The van der Waals surface area contributed by atoms with Gasteiger partial charge >= 0.3 is 6.18 Å². The Kier molecular flexibility index (Phi) is 7.75. The van der Waals surface area contributed by atoms with Gasteiger partial charge in [-0.3, -0.25) is 24.5 Å². The summed E-state index contributed by atoms with van der Waals surface area (Å²) < 4.78 is 38.8. The maximum atomic E-state index is 13.3. The number of piperidine rings is 2. The van der Waals surface area contributed by atoms with Crippen molar-refractivity contribution in [2.24, 2.45) is 5.92 Å². The van der Waals surface area contributed by atoms with Crippen molar-refractivity contribution in [2.75, 3.05) is 13.1 Å². The Labute approximate surface area is 255 Å². The standard InChI is InChI=1S/C32H27F3N4O4S/c1-18-27(37-29(44-18)21-7-9-22(10-8-21)32(33,34)35)31(43)38-15-13-19(14-16-38)5-6-20-3-2-4-23-24(20)17-39(30(23)42)25-11-12-26(40)36-28(25)41/h2-4,7-10,19,25H,11-17H2,1H3,(H,36,40,41). The first-order valence-corrected chi connectivity index (χ1v) is 15.0. The van der Waals surface area contributed by atoms with E-state index in [-0.39, 0.29) is 36.6 Å². The third-order valence-corrected chi connectivity index (χ3v) is 9.25. The second-order valence-corrected chi connectivity index (χ2v) is 12.3. The predicted molar refractivity (Wildman–Crippen MR) is 155 cm³/mol. The summed E-state index contributed by atoms with van der Waals surface area (Å²) in [4.78, 5) is 58.7. The summed E-state index contributed by atoms with van der Waals surface area (Å²) >= 11 is 1.27. The first-order valence-electron chi connectivity index (χ1n) is 14.2. The molecule has 1 aromatic heterocycles. The number of thiazole rings is 1. The molecular weight excluding hydrogens is 593 g/mol. The van der Waals surface area contributed by atoms with E-state index in [1.54, 1.807) is 24.0 Å². The number of fused-ring (bicyclic) bond motifs is 1. The van der Waals surface area contributed by atoms with E-state index >= 15 is 0 Å². The fourth-order valence-corrected chi connectivity index (χ4v) is 6.69. The molecule has 2 fully saturated rings. The molecule has 8 nitrogen and oxygen atoms in total. The first kappa shape index (κ1) is 29.6. The highest BCUT2D eigenvalue weighted by molar-refractivity contribution is 7.15. The predicted octanol–water partition coefficient (Wildman–Crippen LogP) is 4.80. The number of aromatic nitrogens is 1. The Hall–Kier alpha value is -4.50. The molecule has 12 heteroatoms. The molecule has 0 bridgehead atoms. The van der Waals surface area contributed by atoms with Crippen molar-refractivity contribution in [3.63, 3.8) is 0 Å². The average molecular weight is 621 g/mol. The maximum Gasteiger partial charge on any atom is 0.416 e. The van der Waals surface area contributed by atoms with Gasteiger partial charge in [0.15, 0.2) is 0 Å². The third-order valence-electron chi connectivity index (χ3n) is 8.23. The Morgan fingerprint density at radius 2 is 1.77 bits per heavy atom. The van der Waals surface area contributed by atoms with Crippen LogP contribution in [0.5, 0.6) is 0 Å². The number of nitrogens with one attached hydrogen (secondary N) is 1. The number of halogens is 3. The number of hydrogen-bond donors (Lipinski definition) is 1. The van der Waals surface area contributed by atoms with E-state index in [9.17, 15) is 32.3 Å². The van der Waals surface area contributed by atoms with E-state index in [0.29, 0.717) is 59.1 Å². The molecule has 1 N–H and O–H groups in total. The maximum absolute atomic E-state index is 13.3. The van der Waals surface area contributed by atoms with E-state index in [1.165, 1.54) is 28.4 Å². The van der Waals surface area contributed by atoms with E-state index in [4.69, 9.17) is 0 Å². The second-order valence-electron chi connectivity index (χ2n) is 11.1. The molecule has 3 aliphatic rings. The summed E-state index contributed by atoms with van der Waals surface area (Å²) in [6, 6.07) is 9.40. The van der Waals surface area contributed by atoms with Crippen LogP contribution >= 0.6 is 11.3 Å². The second kappa shape index (κ2) is 11.5. The highest BCUT2D eigenvalue weighted by Crippen LogP contribution is 2.34. The van der Waals surface area contributed by atoms with E-state index in [2.05, 4.69) is 22.1 Å². The van der Waals surface area contributed by atoms with Crippen LogP contribution in [0.25, 0.3) is 10.6 Å². The van der Waals surface area contributed by atoms with Crippen LogP contribution in [0.3, 0.4) is 0 Å². The van der Waals surface area contributed by atoms with Crippen molar-refractivity contribution < 1.29 is 32.3 Å². The lowest BCUT2D eigenvalue weighted by atomic mass is 9.96. The molecule has 0 aliphatic carbocycles. The van der Waals surface area contributed by atoms with Crippen LogP contribution in [-0.2, 0) is 22.3 Å². The molecule has 0 saturated carbocycles. The van der Waals surface area contributed by atoms with Gasteiger partial charge in [-0.05, 0) is 56.0 Å². The minimum absolute atomic E-state index is 0.0393. The quantitative estimate of drug-likeness (QED) is 0.335. The summed E-state index contributed by atoms with van der Waals surface area (Å²) in [5.74, 6) is 5.32. The summed E-state index contributed by atoms with van der Waals surface area (Å²) in [6.45, 7) is 3.00. The van der Waals surface area contributed by atoms with Crippen LogP contribution in [-0.4, -0.2) is 57.5 Å². The largest absolute Gasteiger partial charge is 0.416 e. The van der Waals surface area contributed by atoms with Crippen molar-refractivity contribution in [3.05, 3.63) is 75.3 Å². The van der Waals surface area contributed by atoms with Crippen molar-refractivity contribution in [1.82, 2.24) is 20.1 Å². The molecule has 4 heterocycles. The number of carbonyl (C=O) groups is 4. The van der Waals surface area contributed by atoms with Gasteiger partial charge in [0.1, 0.15) is 16.7 Å². The van der Waals surface area contributed by atoms with Crippen LogP contribution in [0.4, 0.5) is 13.2 Å². The number of alkyl halides is 3. The number of hydrogen-bond acceptors (Lipinski definition) is 6. The zero-order valence-corrected chi connectivity index (χ0v) is 24.5. The molecular formula is C32H27F3N4O4S. The fourth-order valence-electron chi connectivity index (χ4n) is 5.78. The van der Waals surface area contributed by atoms with E-state index in [0.717, 1.165) is 23.3 Å². The minimum atomic E-state index is -4.42. The summed E-state index contributed by atoms with van der Waals surface area (Å²) in [5.41, 5.74) is 2.09. The Balaban J connectivity index is 1.09. The van der Waals surface area contributed by atoms with Crippen molar-refractivity contribution in [2.45, 2.75) is 51.4 Å². The number of aryl methyl sites for hydroxylation is 1. The van der Waals surface area contributed by atoms with Gasteiger partial charge in [0.05, 0.1) is 5.56 Å². The zero-order valence-electron chi connectivity index (χ0n) is 23.7. The fraction of sp³-hybridized carbons (Fsp3) is 0.344. The van der Waals surface area contributed by atoms with Gasteiger partial charge in [-0.25, -0.2) is 4.98 Å². The van der Waals surface area contributed by atoms with Crippen molar-refractivity contribution in [1.29, 1.82) is 0 Å². The lowest BCUT2D eigenvalue weighted by Gasteiger charge is -2.29. The highest BCUT2D eigenvalue weighted by Gasteiger charge is 2.39. The van der Waals surface area contributed by atoms with Gasteiger partial charge < -0.3 is 9.80 Å². The number of rotatable bonds is 3. The summed E-state index contributed by atoms with van der Waals surface area (Å²) in [7, 11) is 0. The minimum Gasteiger partial charge on any atom is -0.337 e. The molecule has 0 spiro atoms. The smallest absolute Gasteiger partial charge is 0.337 e. The van der Waals surface area contributed by atoms with Gasteiger partial charge in [-0.1, -0.05) is 30.0 Å². The number of imide groups is 1. The monoisotopic (exact) mass is 620 g/mol. The molecule has 1 atom stereocenters. The number of benzene rings is 2. The average Bonchev–Trinajstić information content (AvgIpc) is 3.55. The molecule has 3 aliphatic heterocycles. The van der Waals surface area contributed by atoms with Crippen molar-refractivity contribution >= 4 is 35.0 Å². The molecule has 226 valence electrons. The van der Waals surface area contributed by atoms with Crippen LogP contribution in [0.1, 0.15) is 68.1 Å². The molecule has 44 heavy (non-hydrogen) atoms. The van der Waals surface area contributed by atoms with Crippen LogP contribution in [0.15, 0.2) is 42.5 Å². The first-order chi connectivity index (χ1) is 21.0. The Morgan fingerprint density at radius 1 is 1.05 bits per heavy atom. The van der Waals surface area contributed by atoms with Gasteiger partial charge in [-0.2, -0.15) is 13.2 Å². The number of likely N-dealkylation sites (tertiary alicyclic amines) is 1. The molecule has 6 rings (SSSR count). The van der Waals surface area contributed by atoms with Crippen LogP contribution in [0, 0.1) is 24.7 Å². The molecule has 1 unspecified atom stereocenters. The lowest BCUT2D eigenvalue weighted by Crippen LogP contribution is -2.52. The zero-order chi connectivity index (χ0) is 31.2. The topological polar surface area (TPSA) is 99.7 Å². The number of carbonyl (C=O) groups excluding carboxylic acids is 4. The normalized spacial score (nSPS) is 19.0. The van der Waals surface area contributed by atoms with Crippen LogP contribution in [0.2, 0.25) is 0 Å². The highest BCUT2D eigenvalue weighted by atomic mass is 32.1. The van der Waals surface area contributed by atoms with Gasteiger partial charge in [0, 0.05) is 53.5 Å².